The van der Waals surface area contributed by atoms with Crippen molar-refractivity contribution in [1.29, 1.82) is 0 Å². The minimum Gasteiger partial charge on any atom is -0.236 e. The van der Waals surface area contributed by atoms with Crippen molar-refractivity contribution in [3.63, 3.8) is 0 Å². The van der Waals surface area contributed by atoms with Crippen LogP contribution in [0, 0.1) is 0 Å². The summed E-state index contributed by atoms with van der Waals surface area (Å²) in [5, 5.41) is 2.47. The number of pyridine rings is 1. The van der Waals surface area contributed by atoms with Crippen LogP contribution in [0.2, 0.25) is 0 Å². The molecule has 1 N–H and O–H groups in total. The van der Waals surface area contributed by atoms with E-state index < -0.39 is 0 Å². The van der Waals surface area contributed by atoms with Gasteiger partial charge in [-0.05, 0) is 62.4 Å². The number of hydrogen-bond acceptors (Lipinski definition) is 0. The van der Waals surface area contributed by atoms with Crippen LogP contribution in [-0.2, 0) is 0 Å². The molecule has 0 aliphatic carbocycles. The maximum Gasteiger partial charge on any atom is 0.284 e. The Balaban J connectivity index is 1.48. The van der Waals surface area contributed by atoms with Crippen LogP contribution >= 0.6 is 0 Å². The van der Waals surface area contributed by atoms with Crippen LogP contribution in [0.1, 0.15) is 0 Å². The Morgan fingerprint density at radius 1 is 0.390 bits per heavy atom. The number of fused-ring (bicyclic) bond motifs is 4. The molecule has 8 rings (SSSR count). The molecule has 0 fully saturated rings. The van der Waals surface area contributed by atoms with E-state index in [4.69, 9.17) is 0 Å². The van der Waals surface area contributed by atoms with Gasteiger partial charge in [0.15, 0.2) is 11.0 Å². The van der Waals surface area contributed by atoms with Crippen LogP contribution in [0.25, 0.3) is 72.0 Å². The normalized spacial score (nSPS) is 11.4. The quantitative estimate of drug-likeness (QED) is 0.222. The Labute approximate surface area is 238 Å². The third kappa shape index (κ3) is 3.92. The van der Waals surface area contributed by atoms with Gasteiger partial charge in [0.2, 0.25) is 0 Å². The molecule has 6 aromatic carbocycles. The fourth-order valence-electron chi connectivity index (χ4n) is 6.22. The van der Waals surface area contributed by atoms with Crippen molar-refractivity contribution in [2.75, 3.05) is 0 Å². The Morgan fingerprint density at radius 2 is 0.878 bits per heavy atom. The maximum absolute atomic E-state index is 3.82. The van der Waals surface area contributed by atoms with Crippen molar-refractivity contribution >= 4 is 27.5 Å². The number of rotatable bonds is 4. The van der Waals surface area contributed by atoms with E-state index in [1.54, 1.807) is 0 Å². The number of aromatic nitrogens is 2. The first-order valence-electron chi connectivity index (χ1n) is 14.0. The molecular weight excluding hydrogens is 496 g/mol. The Kier molecular flexibility index (Phi) is 5.49. The lowest BCUT2D eigenvalue weighted by Crippen LogP contribution is -2.19. The smallest absolute Gasteiger partial charge is 0.236 e. The van der Waals surface area contributed by atoms with Gasteiger partial charge >= 0.3 is 0 Å². The van der Waals surface area contributed by atoms with E-state index in [-0.39, 0.29) is 0 Å². The lowest BCUT2D eigenvalue weighted by atomic mass is 9.88. The molecule has 0 amide bonds. The second-order valence-corrected chi connectivity index (χ2v) is 10.5. The number of hydrogen-bond donors (Lipinski definition) is 1. The predicted octanol–water partition coefficient (Wildman–Crippen LogP) is 9.73. The Bertz CT molecular complexity index is 2190. The molecule has 0 unspecified atom stereocenters. The summed E-state index contributed by atoms with van der Waals surface area (Å²) in [6.45, 7) is 0. The van der Waals surface area contributed by atoms with E-state index in [1.807, 2.05) is 0 Å². The van der Waals surface area contributed by atoms with Gasteiger partial charge < -0.3 is 0 Å². The highest BCUT2D eigenvalue weighted by atomic mass is 15.0. The average molecular weight is 524 g/mol. The van der Waals surface area contributed by atoms with Crippen molar-refractivity contribution in [1.82, 2.24) is 4.98 Å². The first kappa shape index (κ1) is 23.4. The Hall–Kier alpha value is -5.47. The van der Waals surface area contributed by atoms with Gasteiger partial charge in [0.25, 0.3) is 5.65 Å². The van der Waals surface area contributed by atoms with E-state index in [2.05, 4.69) is 167 Å². The molecule has 192 valence electrons. The van der Waals surface area contributed by atoms with Gasteiger partial charge in [-0.25, -0.2) is 4.98 Å². The molecule has 0 saturated carbocycles. The van der Waals surface area contributed by atoms with E-state index in [0.717, 1.165) is 11.2 Å². The van der Waals surface area contributed by atoms with Gasteiger partial charge in [-0.1, -0.05) is 127 Å². The molecule has 0 atom stereocenters. The molecule has 0 spiro atoms. The highest BCUT2D eigenvalue weighted by molar-refractivity contribution is 6.19. The van der Waals surface area contributed by atoms with Crippen LogP contribution in [0.3, 0.4) is 0 Å². The molecule has 0 aliphatic heterocycles. The standard InChI is InChI=1S/C39H26N2/c1-3-13-27(14-4-1)29-17-11-19-31(25-29)36-33-21-7-8-22-34(33)37(39-38(36)40-35-23-9-10-24-41(35)39)32-20-12-18-30(26-32)28-15-5-2-6-16-28/h1-26H/p+1. The summed E-state index contributed by atoms with van der Waals surface area (Å²) in [5.41, 5.74) is 13.1. The van der Waals surface area contributed by atoms with E-state index in [1.165, 1.54) is 60.8 Å². The lowest BCUT2D eigenvalue weighted by Gasteiger charge is -2.14. The van der Waals surface area contributed by atoms with Crippen LogP contribution in [-0.4, -0.2) is 4.98 Å². The summed E-state index contributed by atoms with van der Waals surface area (Å²) in [6.07, 6.45) is 2.16. The second kappa shape index (κ2) is 9.62. The van der Waals surface area contributed by atoms with Gasteiger partial charge in [-0.3, -0.25) is 0 Å². The number of benzene rings is 6. The average Bonchev–Trinajstić information content (AvgIpc) is 3.43. The first-order valence-corrected chi connectivity index (χ1v) is 14.0. The van der Waals surface area contributed by atoms with Crippen LogP contribution in [0.15, 0.2) is 158 Å². The minimum atomic E-state index is 1.07. The number of nitrogens with one attached hydrogen (secondary N) is 1. The maximum atomic E-state index is 3.82. The predicted molar refractivity (Wildman–Crippen MR) is 171 cm³/mol. The zero-order valence-electron chi connectivity index (χ0n) is 22.5. The van der Waals surface area contributed by atoms with Gasteiger partial charge in [0.1, 0.15) is 0 Å². The van der Waals surface area contributed by atoms with Crippen LogP contribution < -0.4 is 4.40 Å². The van der Waals surface area contributed by atoms with Gasteiger partial charge in [-0.15, -0.1) is 0 Å². The monoisotopic (exact) mass is 523 g/mol. The molecule has 2 heteroatoms. The third-order valence-electron chi connectivity index (χ3n) is 8.06. The molecule has 2 aromatic heterocycles. The van der Waals surface area contributed by atoms with Gasteiger partial charge in [0, 0.05) is 17.2 Å². The number of H-pyrrole nitrogens is 1. The summed E-state index contributed by atoms with van der Waals surface area (Å²) in [5.74, 6) is 0. The fourth-order valence-corrected chi connectivity index (χ4v) is 6.22. The largest absolute Gasteiger partial charge is 0.284 e. The van der Waals surface area contributed by atoms with Crippen molar-refractivity contribution in [3.05, 3.63) is 158 Å². The third-order valence-corrected chi connectivity index (χ3v) is 8.06. The molecular formula is C39H27N2+. The van der Waals surface area contributed by atoms with Crippen molar-refractivity contribution in [3.8, 4) is 44.5 Å². The highest BCUT2D eigenvalue weighted by Crippen LogP contribution is 2.43. The summed E-state index contributed by atoms with van der Waals surface area (Å²) in [4.78, 5) is 3.82. The molecule has 0 bridgehead atoms. The van der Waals surface area contributed by atoms with Crippen molar-refractivity contribution < 1.29 is 4.40 Å². The SMILES string of the molecule is c1ccc(-c2cccc(-c3c4ccccc4c(-c4cccc(-c5ccccc5)c4)c4c3[nH]c3cccc[n+]34)c2)cc1. The molecule has 2 nitrogen and oxygen atoms in total. The van der Waals surface area contributed by atoms with Crippen molar-refractivity contribution in [2.45, 2.75) is 0 Å². The highest BCUT2D eigenvalue weighted by Gasteiger charge is 2.25. The zero-order chi connectivity index (χ0) is 27.2. The van der Waals surface area contributed by atoms with Gasteiger partial charge in [0.05, 0.1) is 6.20 Å². The van der Waals surface area contributed by atoms with E-state index >= 15 is 0 Å². The first-order chi connectivity index (χ1) is 20.3. The number of aromatic amines is 1. The van der Waals surface area contributed by atoms with Crippen LogP contribution in [0.4, 0.5) is 0 Å². The second-order valence-electron chi connectivity index (χ2n) is 10.5. The van der Waals surface area contributed by atoms with E-state index in [0.29, 0.717) is 0 Å². The zero-order valence-corrected chi connectivity index (χ0v) is 22.5. The van der Waals surface area contributed by atoms with Crippen molar-refractivity contribution in [2.24, 2.45) is 0 Å². The van der Waals surface area contributed by atoms with E-state index in [9.17, 15) is 0 Å². The molecule has 2 heterocycles. The number of imidazole rings is 1. The minimum absolute atomic E-state index is 1.07. The summed E-state index contributed by atoms with van der Waals surface area (Å²) in [6, 6.07) is 54.3. The summed E-state index contributed by atoms with van der Waals surface area (Å²) < 4.78 is 2.30. The molecule has 8 aromatic rings. The lowest BCUT2D eigenvalue weighted by molar-refractivity contribution is -0.480. The molecule has 0 saturated heterocycles. The van der Waals surface area contributed by atoms with Gasteiger partial charge in [-0.2, -0.15) is 4.40 Å². The fraction of sp³-hybridized carbons (Fsp3) is 0. The summed E-state index contributed by atoms with van der Waals surface area (Å²) in [7, 11) is 0. The van der Waals surface area contributed by atoms with Crippen LogP contribution in [0.5, 0.6) is 0 Å². The molecule has 41 heavy (non-hydrogen) atoms. The topological polar surface area (TPSA) is 19.9 Å². The summed E-state index contributed by atoms with van der Waals surface area (Å²) >= 11 is 0. The Morgan fingerprint density at radius 3 is 1.51 bits per heavy atom. The number of nitrogens with zero attached hydrogens (tertiary/aromatic N) is 1. The molecule has 0 radical (unpaired) electrons. The molecule has 0 aliphatic rings.